The number of ether oxygens (including phenoxy) is 3. The van der Waals surface area contributed by atoms with Crippen molar-refractivity contribution in [3.05, 3.63) is 16.7 Å². The van der Waals surface area contributed by atoms with Crippen molar-refractivity contribution >= 4 is 5.97 Å². The van der Waals surface area contributed by atoms with Gasteiger partial charge in [0.15, 0.2) is 17.6 Å². The number of aromatic hydroxyl groups is 2. The van der Waals surface area contributed by atoms with Crippen molar-refractivity contribution in [3.63, 3.8) is 0 Å². The van der Waals surface area contributed by atoms with Crippen LogP contribution in [0.4, 0.5) is 0 Å². The van der Waals surface area contributed by atoms with Crippen LogP contribution in [0.15, 0.2) is 0 Å². The number of methoxy groups -OCH3 is 1. The number of carbonyl (C=O) groups is 1. The molecule has 0 unspecified atom stereocenters. The van der Waals surface area contributed by atoms with Crippen molar-refractivity contribution in [1.29, 1.82) is 0 Å². The zero-order valence-electron chi connectivity index (χ0n) is 13.1. The van der Waals surface area contributed by atoms with Crippen LogP contribution >= 0.6 is 0 Å². The highest BCUT2D eigenvalue weighted by molar-refractivity contribution is 5.82. The van der Waals surface area contributed by atoms with E-state index in [-0.39, 0.29) is 17.2 Å². The highest BCUT2D eigenvalue weighted by atomic mass is 16.6. The molecule has 0 bridgehead atoms. The number of hydrogen-bond acceptors (Lipinski definition) is 6. The van der Waals surface area contributed by atoms with E-state index in [1.165, 1.54) is 7.11 Å². The summed E-state index contributed by atoms with van der Waals surface area (Å²) in [7, 11) is 1.41. The van der Waals surface area contributed by atoms with Gasteiger partial charge in [-0.1, -0.05) is 0 Å². The molecule has 2 N–H and O–H groups in total. The molecular weight excluding hydrogens is 288 g/mol. The Labute approximate surface area is 128 Å². The number of cyclic esters (lactones) is 1. The second-order valence-corrected chi connectivity index (χ2v) is 6.39. The SMILES string of the molecule is CO[C@H]1C(=O)O[C@@H](C)c2c(O)c(O)c3c(c21)CCC(C)(C)O3. The van der Waals surface area contributed by atoms with Gasteiger partial charge in [-0.2, -0.15) is 0 Å². The van der Waals surface area contributed by atoms with Gasteiger partial charge in [-0.25, -0.2) is 4.79 Å². The van der Waals surface area contributed by atoms with Gasteiger partial charge in [0, 0.05) is 23.8 Å². The van der Waals surface area contributed by atoms with Crippen molar-refractivity contribution in [3.8, 4) is 17.2 Å². The molecule has 120 valence electrons. The van der Waals surface area contributed by atoms with Crippen LogP contribution in [0.1, 0.15) is 56.1 Å². The lowest BCUT2D eigenvalue weighted by Crippen LogP contribution is -2.35. The molecule has 1 aromatic rings. The Morgan fingerprint density at radius 1 is 1.23 bits per heavy atom. The largest absolute Gasteiger partial charge is 0.504 e. The Kier molecular flexibility index (Phi) is 3.25. The van der Waals surface area contributed by atoms with Crippen LogP contribution in [0.2, 0.25) is 0 Å². The van der Waals surface area contributed by atoms with Crippen LogP contribution in [0.5, 0.6) is 17.2 Å². The first-order valence-electron chi connectivity index (χ1n) is 7.29. The topological polar surface area (TPSA) is 85.2 Å². The number of hydrogen-bond donors (Lipinski definition) is 2. The molecule has 6 nitrogen and oxygen atoms in total. The van der Waals surface area contributed by atoms with E-state index in [0.29, 0.717) is 23.1 Å². The fourth-order valence-electron chi connectivity index (χ4n) is 3.24. The number of carbonyl (C=O) groups excluding carboxylic acids is 1. The van der Waals surface area contributed by atoms with Gasteiger partial charge in [0.05, 0.1) is 0 Å². The van der Waals surface area contributed by atoms with Crippen LogP contribution in [-0.4, -0.2) is 28.9 Å². The molecule has 0 aromatic heterocycles. The van der Waals surface area contributed by atoms with Crippen LogP contribution in [0.3, 0.4) is 0 Å². The number of fused-ring (bicyclic) bond motifs is 3. The summed E-state index contributed by atoms with van der Waals surface area (Å²) in [5, 5.41) is 20.7. The third-order valence-electron chi connectivity index (χ3n) is 4.35. The number of rotatable bonds is 1. The molecule has 0 saturated heterocycles. The van der Waals surface area contributed by atoms with E-state index < -0.39 is 23.8 Å². The summed E-state index contributed by atoms with van der Waals surface area (Å²) in [6, 6.07) is 0. The first kappa shape index (κ1) is 15.0. The molecule has 0 amide bonds. The van der Waals surface area contributed by atoms with Crippen LogP contribution in [0.25, 0.3) is 0 Å². The van der Waals surface area contributed by atoms with Gasteiger partial charge in [0.25, 0.3) is 0 Å². The lowest BCUT2D eigenvalue weighted by Gasteiger charge is -2.38. The van der Waals surface area contributed by atoms with E-state index in [0.717, 1.165) is 6.42 Å². The molecule has 2 atom stereocenters. The second-order valence-electron chi connectivity index (χ2n) is 6.39. The van der Waals surface area contributed by atoms with Gasteiger partial charge in [0.2, 0.25) is 5.75 Å². The first-order valence-corrected chi connectivity index (χ1v) is 7.29. The quantitative estimate of drug-likeness (QED) is 0.612. The fraction of sp³-hybridized carbons (Fsp3) is 0.562. The lowest BCUT2D eigenvalue weighted by atomic mass is 9.84. The van der Waals surface area contributed by atoms with Crippen molar-refractivity contribution < 1.29 is 29.2 Å². The standard InChI is InChI=1S/C16H20O6/c1-7-9-10(14(20-4)15(19)21-7)8-5-6-16(2,3)22-13(8)12(18)11(9)17/h7,14,17-18H,5-6H2,1-4H3/t7-,14+/m0/s1. The van der Waals surface area contributed by atoms with Gasteiger partial charge < -0.3 is 24.4 Å². The number of phenolic OH excluding ortho intramolecular Hbond substituents is 2. The summed E-state index contributed by atoms with van der Waals surface area (Å²) < 4.78 is 16.3. The molecule has 22 heavy (non-hydrogen) atoms. The molecular formula is C16H20O6. The molecule has 0 aliphatic carbocycles. The van der Waals surface area contributed by atoms with Crippen molar-refractivity contribution in [2.24, 2.45) is 0 Å². The Bertz CT molecular complexity index is 649. The van der Waals surface area contributed by atoms with E-state index in [1.807, 2.05) is 13.8 Å². The highest BCUT2D eigenvalue weighted by Gasteiger charge is 2.43. The Morgan fingerprint density at radius 2 is 1.91 bits per heavy atom. The van der Waals surface area contributed by atoms with Gasteiger partial charge in [-0.3, -0.25) is 0 Å². The Hall–Kier alpha value is -1.95. The number of benzene rings is 1. The molecule has 2 heterocycles. The summed E-state index contributed by atoms with van der Waals surface area (Å²) in [5.74, 6) is -0.884. The van der Waals surface area contributed by atoms with E-state index in [2.05, 4.69) is 0 Å². The minimum atomic E-state index is -0.920. The predicted octanol–water partition coefficient (Wildman–Crippen LogP) is 2.51. The van der Waals surface area contributed by atoms with Gasteiger partial charge in [-0.05, 0) is 33.6 Å². The number of esters is 1. The molecule has 0 spiro atoms. The van der Waals surface area contributed by atoms with Crippen molar-refractivity contribution in [1.82, 2.24) is 0 Å². The van der Waals surface area contributed by atoms with Crippen molar-refractivity contribution in [2.75, 3.05) is 7.11 Å². The average molecular weight is 308 g/mol. The molecule has 3 rings (SSSR count). The number of phenols is 2. The summed E-state index contributed by atoms with van der Waals surface area (Å²) in [5.41, 5.74) is 1.21. The first-order chi connectivity index (χ1) is 10.3. The van der Waals surface area contributed by atoms with Gasteiger partial charge in [0.1, 0.15) is 11.7 Å². The van der Waals surface area contributed by atoms with E-state index in [9.17, 15) is 15.0 Å². The fourth-order valence-corrected chi connectivity index (χ4v) is 3.24. The molecule has 2 aliphatic heterocycles. The van der Waals surface area contributed by atoms with Crippen LogP contribution < -0.4 is 4.74 Å². The smallest absolute Gasteiger partial charge is 0.340 e. The van der Waals surface area contributed by atoms with Gasteiger partial charge in [-0.15, -0.1) is 0 Å². The minimum absolute atomic E-state index is 0.233. The van der Waals surface area contributed by atoms with E-state index in [4.69, 9.17) is 14.2 Å². The van der Waals surface area contributed by atoms with Crippen LogP contribution in [-0.2, 0) is 20.7 Å². The summed E-state index contributed by atoms with van der Waals surface area (Å²) in [6.07, 6.45) is -0.217. The predicted molar refractivity (Wildman–Crippen MR) is 77.1 cm³/mol. The van der Waals surface area contributed by atoms with Gasteiger partial charge >= 0.3 is 5.97 Å². The monoisotopic (exact) mass is 308 g/mol. The average Bonchev–Trinajstić information content (AvgIpc) is 2.43. The maximum absolute atomic E-state index is 12.1. The zero-order valence-corrected chi connectivity index (χ0v) is 13.1. The molecule has 0 fully saturated rings. The summed E-state index contributed by atoms with van der Waals surface area (Å²) >= 11 is 0. The molecule has 2 aliphatic rings. The zero-order chi connectivity index (χ0) is 16.2. The second kappa shape index (κ2) is 4.78. The third kappa shape index (κ3) is 2.01. The molecule has 0 radical (unpaired) electrons. The Balaban J connectivity index is 2.30. The van der Waals surface area contributed by atoms with Crippen LogP contribution in [0, 0.1) is 0 Å². The Morgan fingerprint density at radius 3 is 2.55 bits per heavy atom. The maximum Gasteiger partial charge on any atom is 0.340 e. The van der Waals surface area contributed by atoms with Crippen molar-refractivity contribution in [2.45, 2.75) is 51.4 Å². The van der Waals surface area contributed by atoms with E-state index >= 15 is 0 Å². The highest BCUT2D eigenvalue weighted by Crippen LogP contribution is 2.54. The van der Waals surface area contributed by atoms with E-state index in [1.54, 1.807) is 6.92 Å². The normalized spacial score (nSPS) is 25.7. The summed E-state index contributed by atoms with van der Waals surface area (Å²) in [4.78, 5) is 12.1. The molecule has 0 saturated carbocycles. The summed E-state index contributed by atoms with van der Waals surface area (Å²) in [6.45, 7) is 5.48. The molecule has 6 heteroatoms. The molecule has 1 aromatic carbocycles. The maximum atomic E-state index is 12.1. The third-order valence-corrected chi connectivity index (χ3v) is 4.35. The lowest BCUT2D eigenvalue weighted by molar-refractivity contribution is -0.164. The minimum Gasteiger partial charge on any atom is -0.504 e.